The molecule has 1 aliphatic rings. The maximum absolute atomic E-state index is 12.9. The minimum Gasteiger partial charge on any atom is -0.370 e. The molecular formula is C21H29F2N5O2S. The molecule has 0 bridgehead atoms. The average Bonchev–Trinajstić information content (AvgIpc) is 2.72. The highest BCUT2D eigenvalue weighted by Crippen LogP contribution is 2.30. The molecule has 1 atom stereocenters. The highest BCUT2D eigenvalue weighted by molar-refractivity contribution is 7.88. The van der Waals surface area contributed by atoms with E-state index in [0.717, 1.165) is 36.9 Å². The highest BCUT2D eigenvalue weighted by Gasteiger charge is 2.23. The molecule has 1 N–H and O–H groups in total. The third-order valence-electron chi connectivity index (χ3n) is 5.15. The third kappa shape index (κ3) is 7.01. The van der Waals surface area contributed by atoms with Gasteiger partial charge in [-0.15, -0.1) is 0 Å². The molecule has 0 saturated carbocycles. The predicted octanol–water partition coefficient (Wildman–Crippen LogP) is 3.26. The van der Waals surface area contributed by atoms with Crippen molar-refractivity contribution in [3.8, 4) is 6.07 Å². The first-order valence-electron chi connectivity index (χ1n) is 10.0. The molecule has 1 aromatic carbocycles. The number of nitrogens with zero attached hydrogens (tertiary/aromatic N) is 4. The van der Waals surface area contributed by atoms with Crippen molar-refractivity contribution in [1.82, 2.24) is 9.73 Å². The second-order valence-corrected chi connectivity index (χ2v) is 9.49. The van der Waals surface area contributed by atoms with E-state index in [1.54, 1.807) is 32.2 Å². The van der Waals surface area contributed by atoms with Crippen molar-refractivity contribution in [3.63, 3.8) is 0 Å². The summed E-state index contributed by atoms with van der Waals surface area (Å²) >= 11 is 0. The van der Waals surface area contributed by atoms with Crippen molar-refractivity contribution in [2.75, 3.05) is 37.8 Å². The Labute approximate surface area is 183 Å². The first-order valence-corrected chi connectivity index (χ1v) is 11.9. The molecule has 0 aliphatic carbocycles. The summed E-state index contributed by atoms with van der Waals surface area (Å²) in [5.41, 5.74) is 2.35. The molecule has 1 saturated heterocycles. The number of allylic oxidation sites excluding steroid dienone is 1. The quantitative estimate of drug-likeness (QED) is 0.482. The monoisotopic (exact) mass is 453 g/mol. The van der Waals surface area contributed by atoms with Gasteiger partial charge in [-0.2, -0.15) is 10.4 Å². The molecule has 1 heterocycles. The van der Waals surface area contributed by atoms with Gasteiger partial charge in [-0.05, 0) is 44.7 Å². The Morgan fingerprint density at radius 3 is 2.77 bits per heavy atom. The van der Waals surface area contributed by atoms with Crippen molar-refractivity contribution >= 4 is 27.1 Å². The predicted molar refractivity (Wildman–Crippen MR) is 119 cm³/mol. The molecule has 31 heavy (non-hydrogen) atoms. The van der Waals surface area contributed by atoms with E-state index in [4.69, 9.17) is 0 Å². The van der Waals surface area contributed by atoms with Crippen molar-refractivity contribution in [1.29, 1.82) is 5.26 Å². The standard InChI is InChI=1S/C21H29F2N5O2S/c1-5-19(27(3)26-15(2)21(22)23)17-8-9-18(12-24)20(11-17)28-10-6-7-16(14-28)13-25-31(4,29)30/h5,8-9,11,16,21,25H,6-7,10,13-14H2,1-4H3/b19-5-,26-15+. The van der Waals surface area contributed by atoms with E-state index >= 15 is 0 Å². The van der Waals surface area contributed by atoms with Gasteiger partial charge in [-0.3, -0.25) is 5.01 Å². The first-order chi connectivity index (χ1) is 14.6. The first kappa shape index (κ1) is 24.8. The van der Waals surface area contributed by atoms with E-state index < -0.39 is 16.4 Å². The van der Waals surface area contributed by atoms with Crippen molar-refractivity contribution in [3.05, 3.63) is 35.4 Å². The lowest BCUT2D eigenvalue weighted by Crippen LogP contribution is -2.41. The van der Waals surface area contributed by atoms with Crippen molar-refractivity contribution in [2.45, 2.75) is 33.1 Å². The van der Waals surface area contributed by atoms with Crippen LogP contribution >= 0.6 is 0 Å². The minimum atomic E-state index is -3.27. The van der Waals surface area contributed by atoms with Gasteiger partial charge in [0.05, 0.1) is 23.2 Å². The molecule has 1 unspecified atom stereocenters. The van der Waals surface area contributed by atoms with Crippen molar-refractivity contribution in [2.24, 2.45) is 11.0 Å². The number of benzene rings is 1. The van der Waals surface area contributed by atoms with Crippen LogP contribution in [0.2, 0.25) is 0 Å². The van der Waals surface area contributed by atoms with Crippen LogP contribution in [0.4, 0.5) is 14.5 Å². The molecule has 1 fully saturated rings. The van der Waals surface area contributed by atoms with Crippen LogP contribution in [0.25, 0.3) is 5.70 Å². The normalized spacial score (nSPS) is 18.3. The number of rotatable bonds is 8. The third-order valence-corrected chi connectivity index (χ3v) is 5.84. The van der Waals surface area contributed by atoms with E-state index in [-0.39, 0.29) is 11.6 Å². The van der Waals surface area contributed by atoms with Crippen LogP contribution in [0.1, 0.15) is 37.8 Å². The van der Waals surface area contributed by atoms with Crippen LogP contribution in [0.3, 0.4) is 0 Å². The summed E-state index contributed by atoms with van der Waals surface area (Å²) in [5.74, 6) is 0.126. The number of hydrazone groups is 1. The summed E-state index contributed by atoms with van der Waals surface area (Å²) in [6.45, 7) is 4.78. The van der Waals surface area contributed by atoms with E-state index in [1.807, 2.05) is 6.07 Å². The highest BCUT2D eigenvalue weighted by atomic mass is 32.2. The Morgan fingerprint density at radius 2 is 2.19 bits per heavy atom. The number of hydrogen-bond donors (Lipinski definition) is 1. The van der Waals surface area contributed by atoms with Crippen LogP contribution in [-0.4, -0.2) is 58.5 Å². The summed E-state index contributed by atoms with van der Waals surface area (Å²) < 4.78 is 51.2. The van der Waals surface area contributed by atoms with E-state index in [9.17, 15) is 22.5 Å². The van der Waals surface area contributed by atoms with Gasteiger partial charge in [0.15, 0.2) is 0 Å². The molecule has 10 heteroatoms. The lowest BCUT2D eigenvalue weighted by Gasteiger charge is -2.35. The molecule has 170 valence electrons. The van der Waals surface area contributed by atoms with Gasteiger partial charge >= 0.3 is 0 Å². The fourth-order valence-corrected chi connectivity index (χ4v) is 4.18. The number of sulfonamides is 1. The number of piperidine rings is 1. The number of anilines is 1. The number of hydrogen-bond acceptors (Lipinski definition) is 6. The minimum absolute atomic E-state index is 0.126. The van der Waals surface area contributed by atoms with Gasteiger partial charge in [0.1, 0.15) is 11.8 Å². The van der Waals surface area contributed by atoms with Crippen LogP contribution in [0, 0.1) is 17.2 Å². The van der Waals surface area contributed by atoms with Gasteiger partial charge in [0, 0.05) is 32.2 Å². The maximum atomic E-state index is 12.9. The van der Waals surface area contributed by atoms with Crippen LogP contribution in [-0.2, 0) is 10.0 Å². The molecule has 1 aliphatic heterocycles. The zero-order valence-electron chi connectivity index (χ0n) is 18.3. The number of alkyl halides is 2. The van der Waals surface area contributed by atoms with Gasteiger partial charge in [0.25, 0.3) is 6.43 Å². The Kier molecular flexibility index (Phi) is 8.53. The molecule has 1 aromatic rings. The average molecular weight is 454 g/mol. The Hall–Kier alpha value is -2.51. The SMILES string of the molecule is C/C=C(/c1ccc(C#N)c(N2CCCC(CNS(C)(=O)=O)C2)c1)N(C)/N=C(\C)C(F)F. The van der Waals surface area contributed by atoms with Crippen LogP contribution < -0.4 is 9.62 Å². The summed E-state index contributed by atoms with van der Waals surface area (Å²) in [7, 11) is -1.66. The Bertz CT molecular complexity index is 986. The van der Waals surface area contributed by atoms with Gasteiger partial charge in [0.2, 0.25) is 10.0 Å². The molecule has 2 rings (SSSR count). The molecule has 7 nitrogen and oxygen atoms in total. The summed E-state index contributed by atoms with van der Waals surface area (Å²) in [6, 6.07) is 7.56. The molecule has 0 aromatic heterocycles. The molecule has 0 amide bonds. The molecule has 0 spiro atoms. The second-order valence-electron chi connectivity index (χ2n) is 7.66. The Morgan fingerprint density at radius 1 is 1.48 bits per heavy atom. The molecule has 0 radical (unpaired) electrons. The lowest BCUT2D eigenvalue weighted by atomic mass is 9.96. The van der Waals surface area contributed by atoms with Gasteiger partial charge in [-0.1, -0.05) is 12.1 Å². The smallest absolute Gasteiger partial charge is 0.278 e. The summed E-state index contributed by atoms with van der Waals surface area (Å²) in [6.07, 6.45) is 2.05. The zero-order chi connectivity index (χ0) is 23.2. The van der Waals surface area contributed by atoms with Crippen LogP contribution in [0.15, 0.2) is 29.4 Å². The zero-order valence-corrected chi connectivity index (χ0v) is 19.1. The number of nitrogens with one attached hydrogen (secondary N) is 1. The van der Waals surface area contributed by atoms with Crippen LogP contribution in [0.5, 0.6) is 0 Å². The summed E-state index contributed by atoms with van der Waals surface area (Å²) in [4.78, 5) is 2.08. The maximum Gasteiger partial charge on any atom is 0.278 e. The number of nitriles is 1. The summed E-state index contributed by atoms with van der Waals surface area (Å²) in [5, 5.41) is 15.0. The topological polar surface area (TPSA) is 88.8 Å². The van der Waals surface area contributed by atoms with E-state index in [0.29, 0.717) is 24.4 Å². The van der Waals surface area contributed by atoms with E-state index in [2.05, 4.69) is 20.8 Å². The molecular weight excluding hydrogens is 424 g/mol. The fourth-order valence-electron chi connectivity index (χ4n) is 3.64. The number of halogens is 2. The van der Waals surface area contributed by atoms with Gasteiger partial charge < -0.3 is 4.90 Å². The van der Waals surface area contributed by atoms with Crippen molar-refractivity contribution < 1.29 is 17.2 Å². The van der Waals surface area contributed by atoms with Gasteiger partial charge in [-0.25, -0.2) is 21.9 Å². The largest absolute Gasteiger partial charge is 0.370 e. The Balaban J connectivity index is 2.31. The second kappa shape index (κ2) is 10.7. The van der Waals surface area contributed by atoms with E-state index in [1.165, 1.54) is 11.9 Å². The lowest BCUT2D eigenvalue weighted by molar-refractivity contribution is 0.222. The fraction of sp³-hybridized carbons (Fsp3) is 0.524.